The van der Waals surface area contributed by atoms with Crippen molar-refractivity contribution in [3.63, 3.8) is 0 Å². The van der Waals surface area contributed by atoms with Gasteiger partial charge in [-0.15, -0.1) is 11.3 Å². The molecule has 48 heavy (non-hydrogen) atoms. The number of thiophene rings is 1. The smallest absolute Gasteiger partial charge is 0.164 e. The minimum absolute atomic E-state index is 0.614. The minimum atomic E-state index is 0.614. The highest BCUT2D eigenvalue weighted by atomic mass is 32.1. The van der Waals surface area contributed by atoms with Crippen molar-refractivity contribution in [2.24, 2.45) is 0 Å². The Bertz CT molecular complexity index is 2780. The molecule has 7 aromatic carbocycles. The lowest BCUT2D eigenvalue weighted by molar-refractivity contribution is 0.669. The average Bonchev–Trinajstić information content (AvgIpc) is 3.73. The van der Waals surface area contributed by atoms with E-state index in [-0.39, 0.29) is 0 Å². The predicted molar refractivity (Wildman–Crippen MR) is 199 cm³/mol. The number of hydrogen-bond acceptors (Lipinski definition) is 5. The van der Waals surface area contributed by atoms with E-state index in [9.17, 15) is 0 Å². The summed E-state index contributed by atoms with van der Waals surface area (Å²) in [6, 6.07) is 52.7. The maximum atomic E-state index is 6.52. The number of fused-ring (bicyclic) bond motifs is 8. The monoisotopic (exact) mass is 631 g/mol. The summed E-state index contributed by atoms with van der Waals surface area (Å²) in [6.45, 7) is 0. The van der Waals surface area contributed by atoms with Crippen molar-refractivity contribution in [1.82, 2.24) is 15.0 Å². The van der Waals surface area contributed by atoms with Crippen molar-refractivity contribution < 1.29 is 4.42 Å². The van der Waals surface area contributed by atoms with Gasteiger partial charge in [0.15, 0.2) is 17.5 Å². The SMILES string of the molecule is c1ccc(-c2nc(-c3ccccc3)nc(-c3cccc4oc5cc(-c6ccc7c(c6)sc6ccc8ccccc8c67)ccc5c34)n2)cc1. The average molecular weight is 632 g/mol. The molecule has 0 fully saturated rings. The zero-order valence-electron chi connectivity index (χ0n) is 25.6. The van der Waals surface area contributed by atoms with E-state index < -0.39 is 0 Å². The Morgan fingerprint density at radius 2 is 1.06 bits per heavy atom. The van der Waals surface area contributed by atoms with Crippen LogP contribution in [0, 0.1) is 0 Å². The van der Waals surface area contributed by atoms with E-state index in [2.05, 4.69) is 78.9 Å². The first-order valence-corrected chi connectivity index (χ1v) is 16.8. The highest BCUT2D eigenvalue weighted by molar-refractivity contribution is 7.26. The van der Waals surface area contributed by atoms with Gasteiger partial charge in [0, 0.05) is 47.6 Å². The molecule has 0 amide bonds. The zero-order valence-corrected chi connectivity index (χ0v) is 26.4. The molecule has 3 aromatic heterocycles. The van der Waals surface area contributed by atoms with Crippen LogP contribution in [0.25, 0.3) is 98.2 Å². The van der Waals surface area contributed by atoms with E-state index in [1.54, 1.807) is 0 Å². The van der Waals surface area contributed by atoms with Gasteiger partial charge in [-0.25, -0.2) is 15.0 Å². The lowest BCUT2D eigenvalue weighted by atomic mass is 9.99. The molecule has 0 radical (unpaired) electrons. The molecule has 0 atom stereocenters. The lowest BCUT2D eigenvalue weighted by Crippen LogP contribution is -2.00. The maximum absolute atomic E-state index is 6.52. The number of aromatic nitrogens is 3. The van der Waals surface area contributed by atoms with Gasteiger partial charge in [0.05, 0.1) is 0 Å². The van der Waals surface area contributed by atoms with Gasteiger partial charge in [0.2, 0.25) is 0 Å². The van der Waals surface area contributed by atoms with Gasteiger partial charge < -0.3 is 4.42 Å². The van der Waals surface area contributed by atoms with Crippen molar-refractivity contribution in [1.29, 1.82) is 0 Å². The van der Waals surface area contributed by atoms with Gasteiger partial charge in [-0.3, -0.25) is 0 Å². The van der Waals surface area contributed by atoms with E-state index in [0.29, 0.717) is 17.5 Å². The molecule has 5 heteroatoms. The molecule has 0 bridgehead atoms. The molecule has 224 valence electrons. The summed E-state index contributed by atoms with van der Waals surface area (Å²) in [5.41, 5.74) is 6.71. The second-order valence-corrected chi connectivity index (χ2v) is 13.1. The van der Waals surface area contributed by atoms with Gasteiger partial charge >= 0.3 is 0 Å². The fraction of sp³-hybridized carbons (Fsp3) is 0. The van der Waals surface area contributed by atoms with Crippen molar-refractivity contribution in [3.05, 3.63) is 152 Å². The molecule has 10 aromatic rings. The second-order valence-electron chi connectivity index (χ2n) is 12.0. The Morgan fingerprint density at radius 1 is 0.396 bits per heavy atom. The molecule has 0 aliphatic rings. The number of benzene rings is 7. The summed E-state index contributed by atoms with van der Waals surface area (Å²) in [7, 11) is 0. The van der Waals surface area contributed by atoms with Crippen molar-refractivity contribution in [2.75, 3.05) is 0 Å². The molecule has 0 N–H and O–H groups in total. The van der Waals surface area contributed by atoms with E-state index in [1.165, 1.54) is 36.5 Å². The number of furan rings is 1. The van der Waals surface area contributed by atoms with Crippen LogP contribution < -0.4 is 0 Å². The lowest BCUT2D eigenvalue weighted by Gasteiger charge is -2.09. The van der Waals surface area contributed by atoms with Crippen LogP contribution in [0.3, 0.4) is 0 Å². The number of rotatable bonds is 4. The van der Waals surface area contributed by atoms with Gasteiger partial charge in [-0.1, -0.05) is 121 Å². The van der Waals surface area contributed by atoms with Crippen LogP contribution >= 0.6 is 11.3 Å². The quantitative estimate of drug-likeness (QED) is 0.194. The van der Waals surface area contributed by atoms with Crippen LogP contribution in [-0.4, -0.2) is 15.0 Å². The van der Waals surface area contributed by atoms with Crippen LogP contribution in [-0.2, 0) is 0 Å². The van der Waals surface area contributed by atoms with Crippen molar-refractivity contribution in [2.45, 2.75) is 0 Å². The Labute approximate surface area is 279 Å². The molecule has 0 saturated carbocycles. The van der Waals surface area contributed by atoms with Crippen molar-refractivity contribution >= 4 is 64.2 Å². The molecular formula is C43H25N3OS. The molecule has 0 unspecified atom stereocenters. The first-order chi connectivity index (χ1) is 23.8. The van der Waals surface area contributed by atoms with Crippen LogP contribution in [0.1, 0.15) is 0 Å². The molecule has 4 nitrogen and oxygen atoms in total. The summed E-state index contributed by atoms with van der Waals surface area (Å²) in [6.07, 6.45) is 0. The number of nitrogens with zero attached hydrogens (tertiary/aromatic N) is 3. The minimum Gasteiger partial charge on any atom is -0.456 e. The Hall–Kier alpha value is -6.17. The molecule has 3 heterocycles. The van der Waals surface area contributed by atoms with Crippen LogP contribution in [0.5, 0.6) is 0 Å². The second kappa shape index (κ2) is 10.7. The summed E-state index contributed by atoms with van der Waals surface area (Å²) in [5.74, 6) is 1.88. The third-order valence-corrected chi connectivity index (χ3v) is 10.3. The third-order valence-electron chi connectivity index (χ3n) is 9.13. The van der Waals surface area contributed by atoms with E-state index in [0.717, 1.165) is 44.2 Å². The summed E-state index contributed by atoms with van der Waals surface area (Å²) in [4.78, 5) is 14.9. The Kier molecular flexibility index (Phi) is 6.01. The van der Waals surface area contributed by atoms with Gasteiger partial charge in [0.25, 0.3) is 0 Å². The maximum Gasteiger partial charge on any atom is 0.164 e. The summed E-state index contributed by atoms with van der Waals surface area (Å²) in [5, 5.41) is 7.24. The standard InChI is InChI=1S/C43H25N3OS/c1-3-11-27(12-4-1)41-44-42(28-13-5-2-6-14-28)46-43(45-41)34-16-9-17-35-39(34)32-21-18-29(24-36(32)47-35)30-19-22-33-38(25-30)48-37-23-20-26-10-7-8-15-31(26)40(33)37/h1-25H. The normalized spacial score (nSPS) is 11.8. The van der Waals surface area contributed by atoms with Crippen LogP contribution in [0.2, 0.25) is 0 Å². The van der Waals surface area contributed by atoms with Gasteiger partial charge in [-0.05, 0) is 52.2 Å². The van der Waals surface area contributed by atoms with Gasteiger partial charge in [-0.2, -0.15) is 0 Å². The number of hydrogen-bond donors (Lipinski definition) is 0. The zero-order chi connectivity index (χ0) is 31.6. The Balaban J connectivity index is 1.12. The highest BCUT2D eigenvalue weighted by Crippen LogP contribution is 2.42. The van der Waals surface area contributed by atoms with Crippen molar-refractivity contribution in [3.8, 4) is 45.3 Å². The molecule has 0 aliphatic heterocycles. The summed E-state index contributed by atoms with van der Waals surface area (Å²) < 4.78 is 9.11. The molecule has 0 aliphatic carbocycles. The summed E-state index contributed by atoms with van der Waals surface area (Å²) >= 11 is 1.85. The molecule has 0 saturated heterocycles. The Morgan fingerprint density at radius 3 is 1.83 bits per heavy atom. The molecular weight excluding hydrogens is 607 g/mol. The van der Waals surface area contributed by atoms with Gasteiger partial charge in [0.1, 0.15) is 11.2 Å². The van der Waals surface area contributed by atoms with E-state index >= 15 is 0 Å². The highest BCUT2D eigenvalue weighted by Gasteiger charge is 2.18. The molecule has 0 spiro atoms. The van der Waals surface area contributed by atoms with Crippen LogP contribution in [0.4, 0.5) is 0 Å². The third kappa shape index (κ3) is 4.33. The predicted octanol–water partition coefficient (Wildman–Crippen LogP) is 12.0. The largest absolute Gasteiger partial charge is 0.456 e. The van der Waals surface area contributed by atoms with E-state index in [1.807, 2.05) is 84.1 Å². The first kappa shape index (κ1) is 27.0. The van der Waals surface area contributed by atoms with E-state index in [4.69, 9.17) is 19.4 Å². The fourth-order valence-electron chi connectivity index (χ4n) is 6.85. The first-order valence-electron chi connectivity index (χ1n) is 15.9. The fourth-order valence-corrected chi connectivity index (χ4v) is 8.01. The topological polar surface area (TPSA) is 51.8 Å². The molecule has 10 rings (SSSR count). The van der Waals surface area contributed by atoms with Crippen LogP contribution in [0.15, 0.2) is 156 Å².